The van der Waals surface area contributed by atoms with Crippen LogP contribution in [-0.4, -0.2) is 26.1 Å². The molecule has 0 aliphatic heterocycles. The zero-order valence-electron chi connectivity index (χ0n) is 9.01. The number of nitrogens with zero attached hydrogens (tertiary/aromatic N) is 3. The van der Waals surface area contributed by atoms with Crippen molar-refractivity contribution in [3.05, 3.63) is 30.5 Å². The first-order valence-electron chi connectivity index (χ1n) is 4.99. The minimum Gasteiger partial charge on any atom is -0.396 e. The number of aromatic nitrogens is 3. The van der Waals surface area contributed by atoms with Crippen LogP contribution in [0.3, 0.4) is 0 Å². The Morgan fingerprint density at radius 2 is 2.20 bits per heavy atom. The predicted octanol–water partition coefficient (Wildman–Crippen LogP) is 1.29. The van der Waals surface area contributed by atoms with Crippen LogP contribution >= 0.6 is 0 Å². The van der Waals surface area contributed by atoms with Crippen LogP contribution in [0, 0.1) is 5.41 Å². The number of imidazole rings is 1. The molecule has 80 valence electrons. The lowest BCUT2D eigenvalue weighted by Gasteiger charge is -2.20. The number of fused-ring (bicyclic) bond motifs is 1. The fourth-order valence-corrected chi connectivity index (χ4v) is 1.57. The lowest BCUT2D eigenvalue weighted by Crippen LogP contribution is -2.20. The van der Waals surface area contributed by atoms with E-state index in [1.165, 1.54) is 0 Å². The Kier molecular flexibility index (Phi) is 2.44. The van der Waals surface area contributed by atoms with Crippen molar-refractivity contribution in [3.63, 3.8) is 0 Å². The summed E-state index contributed by atoms with van der Waals surface area (Å²) in [4.78, 5) is 8.27. The van der Waals surface area contributed by atoms with E-state index in [0.717, 1.165) is 17.8 Å². The van der Waals surface area contributed by atoms with Gasteiger partial charge in [-0.05, 0) is 11.8 Å². The van der Waals surface area contributed by atoms with Crippen molar-refractivity contribution in [1.82, 2.24) is 14.4 Å². The highest BCUT2D eigenvalue weighted by Gasteiger charge is 2.19. The molecule has 2 aromatic rings. The molecular formula is C11H15N3O. The lowest BCUT2D eigenvalue weighted by atomic mass is 9.89. The van der Waals surface area contributed by atoms with Crippen molar-refractivity contribution in [1.29, 1.82) is 0 Å². The zero-order chi connectivity index (χ0) is 10.9. The summed E-state index contributed by atoms with van der Waals surface area (Å²) in [5.74, 6) is 0. The van der Waals surface area contributed by atoms with Gasteiger partial charge < -0.3 is 9.51 Å². The molecule has 0 spiro atoms. The molecule has 4 heteroatoms. The summed E-state index contributed by atoms with van der Waals surface area (Å²) in [6, 6.07) is 0. The van der Waals surface area contributed by atoms with Crippen LogP contribution in [0.2, 0.25) is 0 Å². The second-order valence-electron chi connectivity index (χ2n) is 4.55. The van der Waals surface area contributed by atoms with Crippen molar-refractivity contribution < 1.29 is 5.11 Å². The molecule has 0 aromatic carbocycles. The van der Waals surface area contributed by atoms with Gasteiger partial charge in [0.2, 0.25) is 0 Å². The zero-order valence-corrected chi connectivity index (χ0v) is 9.01. The molecular weight excluding hydrogens is 190 g/mol. The Morgan fingerprint density at radius 3 is 2.93 bits per heavy atom. The second-order valence-corrected chi connectivity index (χ2v) is 4.55. The minimum absolute atomic E-state index is 0.112. The molecule has 15 heavy (non-hydrogen) atoms. The smallest absolute Gasteiger partial charge is 0.155 e. The summed E-state index contributed by atoms with van der Waals surface area (Å²) >= 11 is 0. The molecule has 0 atom stereocenters. The maximum absolute atomic E-state index is 9.22. The predicted molar refractivity (Wildman–Crippen MR) is 57.6 cm³/mol. The molecule has 2 rings (SSSR count). The van der Waals surface area contributed by atoms with Crippen LogP contribution in [-0.2, 0) is 6.42 Å². The molecule has 0 fully saturated rings. The van der Waals surface area contributed by atoms with Gasteiger partial charge in [0.15, 0.2) is 5.65 Å². The van der Waals surface area contributed by atoms with E-state index in [0.29, 0.717) is 0 Å². The summed E-state index contributed by atoms with van der Waals surface area (Å²) in [6.07, 6.45) is 8.01. The van der Waals surface area contributed by atoms with Gasteiger partial charge in [-0.15, -0.1) is 0 Å². The van der Waals surface area contributed by atoms with E-state index >= 15 is 0 Å². The van der Waals surface area contributed by atoms with Crippen molar-refractivity contribution in [2.75, 3.05) is 6.61 Å². The highest BCUT2D eigenvalue weighted by Crippen LogP contribution is 2.21. The third-order valence-electron chi connectivity index (χ3n) is 2.48. The van der Waals surface area contributed by atoms with E-state index in [1.54, 1.807) is 12.4 Å². The molecule has 0 saturated carbocycles. The molecule has 0 amide bonds. The Bertz CT molecular complexity index is 462. The van der Waals surface area contributed by atoms with Gasteiger partial charge in [0.25, 0.3) is 0 Å². The number of rotatable bonds is 3. The van der Waals surface area contributed by atoms with E-state index in [-0.39, 0.29) is 12.0 Å². The first-order valence-corrected chi connectivity index (χ1v) is 4.99. The van der Waals surface area contributed by atoms with Crippen LogP contribution < -0.4 is 0 Å². The summed E-state index contributed by atoms with van der Waals surface area (Å²) in [7, 11) is 0. The van der Waals surface area contributed by atoms with Gasteiger partial charge in [0, 0.05) is 30.9 Å². The van der Waals surface area contributed by atoms with Crippen LogP contribution in [0.15, 0.2) is 24.8 Å². The SMILES string of the molecule is CC(C)(CO)Cc1cnc2cnccn12. The van der Waals surface area contributed by atoms with Gasteiger partial charge in [0.1, 0.15) is 0 Å². The van der Waals surface area contributed by atoms with Crippen LogP contribution in [0.1, 0.15) is 19.5 Å². The van der Waals surface area contributed by atoms with Crippen molar-refractivity contribution in [2.45, 2.75) is 20.3 Å². The first kappa shape index (κ1) is 10.1. The molecule has 4 nitrogen and oxygen atoms in total. The molecule has 2 heterocycles. The van der Waals surface area contributed by atoms with E-state index < -0.39 is 0 Å². The van der Waals surface area contributed by atoms with E-state index in [4.69, 9.17) is 0 Å². The van der Waals surface area contributed by atoms with Gasteiger partial charge in [0.05, 0.1) is 6.20 Å². The molecule has 0 unspecified atom stereocenters. The third-order valence-corrected chi connectivity index (χ3v) is 2.48. The van der Waals surface area contributed by atoms with Crippen LogP contribution in [0.5, 0.6) is 0 Å². The molecule has 0 aliphatic carbocycles. The second kappa shape index (κ2) is 3.62. The standard InChI is InChI=1S/C11H15N3O/c1-11(2,8-15)5-9-6-13-10-7-12-3-4-14(9)10/h3-4,6-7,15H,5,8H2,1-2H3. The third kappa shape index (κ3) is 1.99. The van der Waals surface area contributed by atoms with Crippen molar-refractivity contribution >= 4 is 5.65 Å². The topological polar surface area (TPSA) is 50.4 Å². The largest absolute Gasteiger partial charge is 0.396 e. The minimum atomic E-state index is -0.112. The average molecular weight is 205 g/mol. The molecule has 0 bridgehead atoms. The summed E-state index contributed by atoms with van der Waals surface area (Å²) in [6.45, 7) is 4.24. The highest BCUT2D eigenvalue weighted by atomic mass is 16.3. The quantitative estimate of drug-likeness (QED) is 0.821. The van der Waals surface area contributed by atoms with Gasteiger partial charge in [-0.1, -0.05) is 13.8 Å². The number of aliphatic hydroxyl groups is 1. The Labute approximate surface area is 88.6 Å². The molecule has 1 N–H and O–H groups in total. The van der Waals surface area contributed by atoms with Crippen LogP contribution in [0.4, 0.5) is 0 Å². The molecule has 0 aliphatic rings. The lowest BCUT2D eigenvalue weighted by molar-refractivity contribution is 0.158. The van der Waals surface area contributed by atoms with Gasteiger partial charge in [-0.3, -0.25) is 4.98 Å². The normalized spacial score (nSPS) is 12.2. The molecule has 0 radical (unpaired) electrons. The Morgan fingerprint density at radius 1 is 1.40 bits per heavy atom. The number of hydrogen-bond acceptors (Lipinski definition) is 3. The molecule has 2 aromatic heterocycles. The van der Waals surface area contributed by atoms with E-state index in [9.17, 15) is 5.11 Å². The Balaban J connectivity index is 2.37. The van der Waals surface area contributed by atoms with E-state index in [1.807, 2.05) is 30.6 Å². The molecule has 0 saturated heterocycles. The number of aliphatic hydroxyl groups excluding tert-OH is 1. The van der Waals surface area contributed by atoms with Crippen LogP contribution in [0.25, 0.3) is 5.65 Å². The summed E-state index contributed by atoms with van der Waals surface area (Å²) < 4.78 is 2.00. The van der Waals surface area contributed by atoms with Gasteiger partial charge in [-0.2, -0.15) is 0 Å². The maximum atomic E-state index is 9.22. The first-order chi connectivity index (χ1) is 7.12. The van der Waals surface area contributed by atoms with Gasteiger partial charge >= 0.3 is 0 Å². The fourth-order valence-electron chi connectivity index (χ4n) is 1.57. The maximum Gasteiger partial charge on any atom is 0.155 e. The Hall–Kier alpha value is -1.42. The highest BCUT2D eigenvalue weighted by molar-refractivity contribution is 5.37. The fraction of sp³-hybridized carbons (Fsp3) is 0.455. The summed E-state index contributed by atoms with van der Waals surface area (Å²) in [5, 5.41) is 9.22. The average Bonchev–Trinajstić information content (AvgIpc) is 2.62. The van der Waals surface area contributed by atoms with Crippen molar-refractivity contribution in [2.24, 2.45) is 5.41 Å². The summed E-state index contributed by atoms with van der Waals surface area (Å²) in [5.41, 5.74) is 1.84. The van der Waals surface area contributed by atoms with Gasteiger partial charge in [-0.25, -0.2) is 4.98 Å². The van der Waals surface area contributed by atoms with Crippen molar-refractivity contribution in [3.8, 4) is 0 Å². The number of hydrogen-bond donors (Lipinski definition) is 1. The van der Waals surface area contributed by atoms with E-state index in [2.05, 4.69) is 9.97 Å². The monoisotopic (exact) mass is 205 g/mol.